The summed E-state index contributed by atoms with van der Waals surface area (Å²) in [6.45, 7) is 2.37. The lowest BCUT2D eigenvalue weighted by Gasteiger charge is -2.44. The summed E-state index contributed by atoms with van der Waals surface area (Å²) in [6.07, 6.45) is 7.16. The Bertz CT molecular complexity index is 294. The fourth-order valence-corrected chi connectivity index (χ4v) is 3.10. The lowest BCUT2D eigenvalue weighted by atomic mass is 9.59. The summed E-state index contributed by atoms with van der Waals surface area (Å²) in [6, 6.07) is 4.19. The highest BCUT2D eigenvalue weighted by molar-refractivity contribution is 5.20. The maximum Gasteiger partial charge on any atom is 0.110 e. The molecule has 0 amide bonds. The summed E-state index contributed by atoms with van der Waals surface area (Å²) in [5.41, 5.74) is 0.396. The van der Waals surface area contributed by atoms with Gasteiger partial charge in [0, 0.05) is 5.41 Å². The summed E-state index contributed by atoms with van der Waals surface area (Å²) in [4.78, 5) is 0. The summed E-state index contributed by atoms with van der Waals surface area (Å²) in [5.74, 6) is 2.04. The first-order valence-electron chi connectivity index (χ1n) is 5.66. The van der Waals surface area contributed by atoms with Gasteiger partial charge in [0.05, 0.1) is 6.26 Å². The van der Waals surface area contributed by atoms with Crippen LogP contribution in [0.15, 0.2) is 22.8 Å². The largest absolute Gasteiger partial charge is 0.469 e. The van der Waals surface area contributed by atoms with Crippen LogP contribution in [0.25, 0.3) is 0 Å². The van der Waals surface area contributed by atoms with E-state index in [0.717, 1.165) is 5.92 Å². The van der Waals surface area contributed by atoms with Crippen LogP contribution in [-0.2, 0) is 5.41 Å². The van der Waals surface area contributed by atoms with E-state index in [1.165, 1.54) is 44.5 Å². The van der Waals surface area contributed by atoms with Gasteiger partial charge in [0.1, 0.15) is 5.76 Å². The van der Waals surface area contributed by atoms with E-state index >= 15 is 0 Å². The van der Waals surface area contributed by atoms with Crippen molar-refractivity contribution >= 4 is 0 Å². The zero-order valence-electron chi connectivity index (χ0n) is 8.46. The highest BCUT2D eigenvalue weighted by atomic mass is 16.3. The number of hydrogen-bond donors (Lipinski definition) is 1. The Labute approximate surface area is 84.7 Å². The van der Waals surface area contributed by atoms with Crippen molar-refractivity contribution < 1.29 is 4.42 Å². The second kappa shape index (κ2) is 3.13. The zero-order valence-corrected chi connectivity index (χ0v) is 8.46. The molecule has 0 radical (unpaired) electrons. The third-order valence-electron chi connectivity index (χ3n) is 4.10. The van der Waals surface area contributed by atoms with Gasteiger partial charge in [-0.1, -0.05) is 6.42 Å². The molecule has 1 aromatic heterocycles. The average Bonchev–Trinajstić information content (AvgIpc) is 2.71. The van der Waals surface area contributed by atoms with E-state index in [2.05, 4.69) is 11.4 Å². The molecular formula is C12H17NO. The van der Waals surface area contributed by atoms with Crippen LogP contribution in [0.2, 0.25) is 0 Å². The van der Waals surface area contributed by atoms with Gasteiger partial charge < -0.3 is 9.73 Å². The molecule has 1 aliphatic carbocycles. The Morgan fingerprint density at radius 2 is 2.36 bits per heavy atom. The average molecular weight is 191 g/mol. The molecule has 14 heavy (non-hydrogen) atoms. The Hall–Kier alpha value is -0.760. The summed E-state index contributed by atoms with van der Waals surface area (Å²) < 4.78 is 5.63. The Morgan fingerprint density at radius 3 is 2.86 bits per heavy atom. The third-order valence-corrected chi connectivity index (χ3v) is 4.10. The van der Waals surface area contributed by atoms with E-state index in [1.54, 1.807) is 0 Å². The van der Waals surface area contributed by atoms with Crippen LogP contribution < -0.4 is 5.32 Å². The van der Waals surface area contributed by atoms with Gasteiger partial charge in [-0.3, -0.25) is 0 Å². The lowest BCUT2D eigenvalue weighted by Crippen LogP contribution is -2.42. The summed E-state index contributed by atoms with van der Waals surface area (Å²) >= 11 is 0. The monoisotopic (exact) mass is 191 g/mol. The van der Waals surface area contributed by atoms with Crippen molar-refractivity contribution in [3.8, 4) is 0 Å². The van der Waals surface area contributed by atoms with Crippen LogP contribution >= 0.6 is 0 Å². The van der Waals surface area contributed by atoms with Gasteiger partial charge >= 0.3 is 0 Å². The molecule has 1 saturated carbocycles. The minimum atomic E-state index is 0.396. The molecule has 1 N–H and O–H groups in total. The molecule has 2 fully saturated rings. The molecule has 1 aromatic rings. The van der Waals surface area contributed by atoms with Crippen LogP contribution in [0.4, 0.5) is 0 Å². The minimum absolute atomic E-state index is 0.396. The second-order valence-electron chi connectivity index (χ2n) is 4.68. The highest BCUT2D eigenvalue weighted by Gasteiger charge is 2.48. The molecule has 0 spiro atoms. The quantitative estimate of drug-likeness (QED) is 0.776. The van der Waals surface area contributed by atoms with Crippen molar-refractivity contribution in [2.45, 2.75) is 31.1 Å². The standard InChI is InChI=1S/C12H17NO/c1-3-11(14-8-1)12(5-2-6-12)10-4-7-13-9-10/h1,3,8,10,13H,2,4-7,9H2. The maximum absolute atomic E-state index is 5.63. The molecule has 1 saturated heterocycles. The smallest absolute Gasteiger partial charge is 0.110 e. The van der Waals surface area contributed by atoms with Crippen molar-refractivity contribution in [1.82, 2.24) is 5.32 Å². The van der Waals surface area contributed by atoms with Gasteiger partial charge in [0.25, 0.3) is 0 Å². The Balaban J connectivity index is 1.90. The van der Waals surface area contributed by atoms with Crippen LogP contribution in [0.1, 0.15) is 31.4 Å². The number of furan rings is 1. The van der Waals surface area contributed by atoms with E-state index in [-0.39, 0.29) is 0 Å². The third kappa shape index (κ3) is 1.07. The molecule has 2 heteroatoms. The van der Waals surface area contributed by atoms with Gasteiger partial charge in [0.2, 0.25) is 0 Å². The highest BCUT2D eigenvalue weighted by Crippen LogP contribution is 2.51. The van der Waals surface area contributed by atoms with Crippen molar-refractivity contribution in [3.05, 3.63) is 24.2 Å². The molecular weight excluding hydrogens is 174 g/mol. The molecule has 1 unspecified atom stereocenters. The molecule has 76 valence electrons. The fraction of sp³-hybridized carbons (Fsp3) is 0.667. The lowest BCUT2D eigenvalue weighted by molar-refractivity contribution is 0.125. The molecule has 1 aliphatic heterocycles. The van der Waals surface area contributed by atoms with Crippen molar-refractivity contribution in [3.63, 3.8) is 0 Å². The molecule has 0 bridgehead atoms. The second-order valence-corrected chi connectivity index (χ2v) is 4.68. The van der Waals surface area contributed by atoms with E-state index in [1.807, 2.05) is 12.3 Å². The first-order valence-corrected chi connectivity index (χ1v) is 5.66. The van der Waals surface area contributed by atoms with Crippen molar-refractivity contribution in [1.29, 1.82) is 0 Å². The number of hydrogen-bond acceptors (Lipinski definition) is 2. The fourth-order valence-electron chi connectivity index (χ4n) is 3.10. The first-order chi connectivity index (χ1) is 6.92. The molecule has 1 atom stereocenters. The minimum Gasteiger partial charge on any atom is -0.469 e. The number of nitrogens with one attached hydrogen (secondary N) is 1. The van der Waals surface area contributed by atoms with Gasteiger partial charge in [-0.25, -0.2) is 0 Å². The number of rotatable bonds is 2. The van der Waals surface area contributed by atoms with E-state index in [9.17, 15) is 0 Å². The molecule has 2 nitrogen and oxygen atoms in total. The van der Waals surface area contributed by atoms with E-state index in [4.69, 9.17) is 4.42 Å². The van der Waals surface area contributed by atoms with Crippen LogP contribution in [0.5, 0.6) is 0 Å². The first kappa shape index (κ1) is 8.54. The summed E-state index contributed by atoms with van der Waals surface area (Å²) in [5, 5.41) is 3.47. The molecule has 0 aromatic carbocycles. The van der Waals surface area contributed by atoms with Crippen LogP contribution in [0.3, 0.4) is 0 Å². The van der Waals surface area contributed by atoms with Gasteiger partial charge in [-0.15, -0.1) is 0 Å². The molecule has 3 rings (SSSR count). The predicted octanol–water partition coefficient (Wildman–Crippen LogP) is 2.31. The van der Waals surface area contributed by atoms with E-state index in [0.29, 0.717) is 5.41 Å². The van der Waals surface area contributed by atoms with Crippen LogP contribution in [0, 0.1) is 5.92 Å². The SMILES string of the molecule is c1coc(C2(C3CCNC3)CCC2)c1. The topological polar surface area (TPSA) is 25.2 Å². The van der Waals surface area contributed by atoms with Gasteiger partial charge in [-0.05, 0) is 50.4 Å². The predicted molar refractivity (Wildman–Crippen MR) is 55.2 cm³/mol. The van der Waals surface area contributed by atoms with Crippen LogP contribution in [-0.4, -0.2) is 13.1 Å². The van der Waals surface area contributed by atoms with E-state index < -0.39 is 0 Å². The van der Waals surface area contributed by atoms with Crippen molar-refractivity contribution in [2.24, 2.45) is 5.92 Å². The molecule has 2 aliphatic rings. The normalized spacial score (nSPS) is 30.1. The summed E-state index contributed by atoms with van der Waals surface area (Å²) in [7, 11) is 0. The maximum atomic E-state index is 5.63. The van der Waals surface area contributed by atoms with Crippen molar-refractivity contribution in [2.75, 3.05) is 13.1 Å². The Morgan fingerprint density at radius 1 is 1.43 bits per heavy atom. The molecule has 2 heterocycles. The van der Waals surface area contributed by atoms with Gasteiger partial charge in [0.15, 0.2) is 0 Å². The zero-order chi connectivity index (χ0) is 9.43. The Kier molecular flexibility index (Phi) is 1.91. The van der Waals surface area contributed by atoms with Gasteiger partial charge in [-0.2, -0.15) is 0 Å².